The standard InChI is InChI=1S/C19H15N5O/c1-13-15(12-22-24(13)18-9-2-3-10-21-18)19(25)23-17-8-4-7-16-14(17)6-5-11-20-16/h2-12H,1H3,(H,23,25). The number of hydrogen-bond acceptors (Lipinski definition) is 4. The van der Waals surface area contributed by atoms with Crippen LogP contribution < -0.4 is 5.32 Å². The molecule has 6 nitrogen and oxygen atoms in total. The monoisotopic (exact) mass is 329 g/mol. The number of carbonyl (C=O) groups is 1. The second-order valence-corrected chi connectivity index (χ2v) is 5.57. The van der Waals surface area contributed by atoms with Gasteiger partial charge in [0.15, 0.2) is 5.82 Å². The summed E-state index contributed by atoms with van der Waals surface area (Å²) in [6, 6.07) is 15.0. The molecular weight excluding hydrogens is 314 g/mol. The summed E-state index contributed by atoms with van der Waals surface area (Å²) in [6.07, 6.45) is 4.98. The van der Waals surface area contributed by atoms with Crippen molar-refractivity contribution in [1.29, 1.82) is 0 Å². The molecule has 4 rings (SSSR count). The van der Waals surface area contributed by atoms with Crippen molar-refractivity contribution in [2.24, 2.45) is 0 Å². The molecule has 122 valence electrons. The highest BCUT2D eigenvalue weighted by molar-refractivity contribution is 6.09. The van der Waals surface area contributed by atoms with Gasteiger partial charge in [-0.15, -0.1) is 0 Å². The van der Waals surface area contributed by atoms with Crippen LogP contribution in [0.2, 0.25) is 0 Å². The van der Waals surface area contributed by atoms with E-state index in [0.717, 1.165) is 22.3 Å². The van der Waals surface area contributed by atoms with Crippen LogP contribution in [0.1, 0.15) is 16.1 Å². The summed E-state index contributed by atoms with van der Waals surface area (Å²) in [5.41, 5.74) is 2.79. The van der Waals surface area contributed by atoms with E-state index in [4.69, 9.17) is 0 Å². The van der Waals surface area contributed by atoms with E-state index in [9.17, 15) is 4.79 Å². The van der Waals surface area contributed by atoms with E-state index < -0.39 is 0 Å². The number of benzene rings is 1. The van der Waals surface area contributed by atoms with Gasteiger partial charge < -0.3 is 5.32 Å². The molecule has 3 aromatic heterocycles. The van der Waals surface area contributed by atoms with Crippen molar-refractivity contribution in [3.05, 3.63) is 78.4 Å². The van der Waals surface area contributed by atoms with Crippen molar-refractivity contribution in [2.45, 2.75) is 6.92 Å². The molecule has 0 saturated heterocycles. The maximum Gasteiger partial charge on any atom is 0.259 e. The Hall–Kier alpha value is -3.54. The van der Waals surface area contributed by atoms with Crippen LogP contribution in [0.25, 0.3) is 16.7 Å². The molecular formula is C19H15N5O. The number of aromatic nitrogens is 4. The summed E-state index contributed by atoms with van der Waals surface area (Å²) in [4.78, 5) is 21.3. The predicted octanol–water partition coefficient (Wildman–Crippen LogP) is 3.38. The number of rotatable bonds is 3. The fourth-order valence-electron chi connectivity index (χ4n) is 2.74. The summed E-state index contributed by atoms with van der Waals surface area (Å²) >= 11 is 0. The Kier molecular flexibility index (Phi) is 3.70. The highest BCUT2D eigenvalue weighted by Gasteiger charge is 2.16. The Morgan fingerprint density at radius 2 is 1.88 bits per heavy atom. The maximum absolute atomic E-state index is 12.7. The second kappa shape index (κ2) is 6.16. The quantitative estimate of drug-likeness (QED) is 0.625. The predicted molar refractivity (Wildman–Crippen MR) is 95.8 cm³/mol. The van der Waals surface area contributed by atoms with Gasteiger partial charge in [0, 0.05) is 17.8 Å². The number of fused-ring (bicyclic) bond motifs is 1. The molecule has 0 fully saturated rings. The van der Waals surface area contributed by atoms with Crippen LogP contribution in [0, 0.1) is 6.92 Å². The van der Waals surface area contributed by atoms with Crippen molar-refractivity contribution < 1.29 is 4.79 Å². The molecule has 0 bridgehead atoms. The molecule has 4 aromatic rings. The van der Waals surface area contributed by atoms with Crippen molar-refractivity contribution >= 4 is 22.5 Å². The Labute approximate surface area is 144 Å². The van der Waals surface area contributed by atoms with Gasteiger partial charge in [-0.1, -0.05) is 12.1 Å². The van der Waals surface area contributed by atoms with Gasteiger partial charge in [-0.3, -0.25) is 9.78 Å². The molecule has 6 heteroatoms. The van der Waals surface area contributed by atoms with Crippen LogP contribution in [-0.2, 0) is 0 Å². The highest BCUT2D eigenvalue weighted by atomic mass is 16.1. The van der Waals surface area contributed by atoms with Crippen LogP contribution >= 0.6 is 0 Å². The number of pyridine rings is 2. The fraction of sp³-hybridized carbons (Fsp3) is 0.0526. The first-order valence-electron chi connectivity index (χ1n) is 7.85. The molecule has 0 aliphatic heterocycles. The van der Waals surface area contributed by atoms with E-state index in [1.807, 2.05) is 55.5 Å². The molecule has 0 radical (unpaired) electrons. The average molecular weight is 329 g/mol. The Balaban J connectivity index is 1.67. The molecule has 0 aliphatic rings. The summed E-state index contributed by atoms with van der Waals surface area (Å²) in [6.45, 7) is 1.85. The molecule has 0 aliphatic carbocycles. The number of hydrogen-bond donors (Lipinski definition) is 1. The third-order valence-corrected chi connectivity index (χ3v) is 4.01. The van der Waals surface area contributed by atoms with Crippen molar-refractivity contribution in [3.8, 4) is 5.82 Å². The number of anilines is 1. The van der Waals surface area contributed by atoms with Gasteiger partial charge in [0.1, 0.15) is 0 Å². The van der Waals surface area contributed by atoms with Crippen LogP contribution in [0.5, 0.6) is 0 Å². The number of nitrogens with zero attached hydrogens (tertiary/aromatic N) is 4. The van der Waals surface area contributed by atoms with Gasteiger partial charge in [0.25, 0.3) is 5.91 Å². The van der Waals surface area contributed by atoms with Gasteiger partial charge in [0.2, 0.25) is 0 Å². The first kappa shape index (κ1) is 15.0. The van der Waals surface area contributed by atoms with E-state index in [1.165, 1.54) is 0 Å². The summed E-state index contributed by atoms with van der Waals surface area (Å²) in [5, 5.41) is 8.14. The van der Waals surface area contributed by atoms with E-state index in [1.54, 1.807) is 23.3 Å². The van der Waals surface area contributed by atoms with Crippen LogP contribution in [0.15, 0.2) is 67.1 Å². The number of nitrogens with one attached hydrogen (secondary N) is 1. The van der Waals surface area contributed by atoms with E-state index >= 15 is 0 Å². The van der Waals surface area contributed by atoms with Gasteiger partial charge in [0.05, 0.1) is 28.7 Å². The zero-order valence-corrected chi connectivity index (χ0v) is 13.5. The largest absolute Gasteiger partial charge is 0.321 e. The lowest BCUT2D eigenvalue weighted by Gasteiger charge is -2.08. The summed E-state index contributed by atoms with van der Waals surface area (Å²) in [7, 11) is 0. The van der Waals surface area contributed by atoms with Gasteiger partial charge in [-0.2, -0.15) is 5.10 Å². The van der Waals surface area contributed by atoms with Gasteiger partial charge in [-0.25, -0.2) is 9.67 Å². The van der Waals surface area contributed by atoms with E-state index in [0.29, 0.717) is 11.4 Å². The van der Waals surface area contributed by atoms with Crippen molar-refractivity contribution in [3.63, 3.8) is 0 Å². The fourth-order valence-corrected chi connectivity index (χ4v) is 2.74. The molecule has 1 amide bonds. The summed E-state index contributed by atoms with van der Waals surface area (Å²) in [5.74, 6) is 0.462. The first-order valence-corrected chi connectivity index (χ1v) is 7.85. The number of amides is 1. The van der Waals surface area contributed by atoms with E-state index in [2.05, 4.69) is 20.4 Å². The summed E-state index contributed by atoms with van der Waals surface area (Å²) < 4.78 is 1.65. The van der Waals surface area contributed by atoms with Crippen LogP contribution in [-0.4, -0.2) is 25.7 Å². The molecule has 3 heterocycles. The lowest BCUT2D eigenvalue weighted by Crippen LogP contribution is -2.13. The SMILES string of the molecule is Cc1c(C(=O)Nc2cccc3ncccc23)cnn1-c1ccccn1. The van der Waals surface area contributed by atoms with Gasteiger partial charge in [-0.05, 0) is 43.3 Å². The van der Waals surface area contributed by atoms with Crippen LogP contribution in [0.3, 0.4) is 0 Å². The Morgan fingerprint density at radius 3 is 2.72 bits per heavy atom. The third kappa shape index (κ3) is 2.74. The molecule has 1 N–H and O–H groups in total. The minimum atomic E-state index is -0.212. The second-order valence-electron chi connectivity index (χ2n) is 5.57. The topological polar surface area (TPSA) is 72.7 Å². The minimum absolute atomic E-state index is 0.212. The molecule has 0 atom stereocenters. The third-order valence-electron chi connectivity index (χ3n) is 4.01. The normalized spacial score (nSPS) is 10.8. The maximum atomic E-state index is 12.7. The molecule has 1 aromatic carbocycles. The van der Waals surface area contributed by atoms with Crippen LogP contribution in [0.4, 0.5) is 5.69 Å². The Morgan fingerprint density at radius 1 is 1.00 bits per heavy atom. The smallest absolute Gasteiger partial charge is 0.259 e. The molecule has 0 unspecified atom stereocenters. The van der Waals surface area contributed by atoms with Crippen molar-refractivity contribution in [2.75, 3.05) is 5.32 Å². The lowest BCUT2D eigenvalue weighted by atomic mass is 10.1. The molecule has 0 spiro atoms. The minimum Gasteiger partial charge on any atom is -0.321 e. The first-order chi connectivity index (χ1) is 12.2. The molecule has 0 saturated carbocycles. The zero-order valence-electron chi connectivity index (χ0n) is 13.5. The zero-order chi connectivity index (χ0) is 17.2. The lowest BCUT2D eigenvalue weighted by molar-refractivity contribution is 0.102. The molecule has 25 heavy (non-hydrogen) atoms. The average Bonchev–Trinajstić information content (AvgIpc) is 3.04. The highest BCUT2D eigenvalue weighted by Crippen LogP contribution is 2.22. The van der Waals surface area contributed by atoms with Gasteiger partial charge >= 0.3 is 0 Å². The number of carbonyl (C=O) groups excluding carboxylic acids is 1. The van der Waals surface area contributed by atoms with Crippen molar-refractivity contribution in [1.82, 2.24) is 19.7 Å². The van der Waals surface area contributed by atoms with E-state index in [-0.39, 0.29) is 5.91 Å². The Bertz CT molecular complexity index is 1050.